The van der Waals surface area contributed by atoms with Gasteiger partial charge in [0.25, 0.3) is 0 Å². The molecule has 0 atom stereocenters. The van der Waals surface area contributed by atoms with Gasteiger partial charge < -0.3 is 25.3 Å². The van der Waals surface area contributed by atoms with Crippen LogP contribution in [0.1, 0.15) is 15.9 Å². The van der Waals surface area contributed by atoms with Crippen LogP contribution in [0.25, 0.3) is 11.3 Å². The molecular formula is C14H16N2O4. The maximum atomic E-state index is 11.3. The maximum absolute atomic E-state index is 11.3. The van der Waals surface area contributed by atoms with E-state index < -0.39 is 5.97 Å². The van der Waals surface area contributed by atoms with Gasteiger partial charge in [0.1, 0.15) is 17.1 Å². The molecule has 20 heavy (non-hydrogen) atoms. The number of methoxy groups -OCH3 is 2. The highest BCUT2D eigenvalue weighted by Crippen LogP contribution is 2.38. The molecule has 0 bridgehead atoms. The molecule has 1 aromatic heterocycles. The number of aromatic nitrogens is 1. The first kappa shape index (κ1) is 13.8. The van der Waals surface area contributed by atoms with Crippen LogP contribution in [0.2, 0.25) is 0 Å². The lowest BCUT2D eigenvalue weighted by molar-refractivity contribution is 0.0699. The first-order chi connectivity index (χ1) is 9.49. The maximum Gasteiger partial charge on any atom is 0.340 e. The van der Waals surface area contributed by atoms with E-state index in [1.807, 2.05) is 6.92 Å². The largest absolute Gasteiger partial charge is 0.496 e. The summed E-state index contributed by atoms with van der Waals surface area (Å²) in [5, 5.41) is 9.27. The van der Waals surface area contributed by atoms with Crippen LogP contribution in [0.15, 0.2) is 18.3 Å². The van der Waals surface area contributed by atoms with Crippen LogP contribution < -0.4 is 15.2 Å². The minimum Gasteiger partial charge on any atom is -0.496 e. The molecule has 0 spiro atoms. The lowest BCUT2D eigenvalue weighted by Crippen LogP contribution is -2.02. The first-order valence-corrected chi connectivity index (χ1v) is 5.92. The Balaban J connectivity index is 2.72. The molecule has 6 nitrogen and oxygen atoms in total. The van der Waals surface area contributed by atoms with Crippen LogP contribution in [-0.4, -0.2) is 30.3 Å². The lowest BCUT2D eigenvalue weighted by Gasteiger charge is -2.13. The number of benzene rings is 1. The van der Waals surface area contributed by atoms with E-state index >= 15 is 0 Å². The van der Waals surface area contributed by atoms with Gasteiger partial charge in [-0.25, -0.2) is 4.79 Å². The van der Waals surface area contributed by atoms with Gasteiger partial charge in [-0.3, -0.25) is 0 Å². The molecule has 1 aromatic carbocycles. The number of aromatic amines is 1. The molecule has 0 saturated carbocycles. The molecule has 0 aliphatic carbocycles. The Morgan fingerprint density at radius 2 is 1.90 bits per heavy atom. The van der Waals surface area contributed by atoms with Gasteiger partial charge in [-0.05, 0) is 24.6 Å². The number of nitrogens with one attached hydrogen (secondary N) is 1. The zero-order valence-electron chi connectivity index (χ0n) is 11.5. The molecule has 0 aliphatic rings. The fourth-order valence-electron chi connectivity index (χ4n) is 2.13. The monoisotopic (exact) mass is 276 g/mol. The van der Waals surface area contributed by atoms with Crippen molar-refractivity contribution < 1.29 is 19.4 Å². The number of rotatable bonds is 4. The van der Waals surface area contributed by atoms with E-state index in [4.69, 9.17) is 15.2 Å². The number of ether oxygens (including phenoxy) is 2. The van der Waals surface area contributed by atoms with Crippen molar-refractivity contribution in [3.63, 3.8) is 0 Å². The molecule has 0 aliphatic heterocycles. The van der Waals surface area contributed by atoms with Crippen molar-refractivity contribution in [3.8, 4) is 22.8 Å². The van der Waals surface area contributed by atoms with Crippen molar-refractivity contribution in [2.45, 2.75) is 6.92 Å². The molecule has 2 aromatic rings. The highest BCUT2D eigenvalue weighted by Gasteiger charge is 2.21. The van der Waals surface area contributed by atoms with Gasteiger partial charge in [-0.1, -0.05) is 0 Å². The predicted octanol–water partition coefficient (Wildman–Crippen LogP) is 2.29. The molecule has 0 amide bonds. The molecule has 1 heterocycles. The third-order valence-corrected chi connectivity index (χ3v) is 3.11. The smallest absolute Gasteiger partial charge is 0.340 e. The second kappa shape index (κ2) is 5.16. The molecule has 0 radical (unpaired) electrons. The summed E-state index contributed by atoms with van der Waals surface area (Å²) in [6, 6.07) is 3.52. The Hall–Kier alpha value is -2.63. The van der Waals surface area contributed by atoms with Crippen molar-refractivity contribution in [3.05, 3.63) is 29.5 Å². The van der Waals surface area contributed by atoms with Gasteiger partial charge in [-0.2, -0.15) is 0 Å². The Labute approximate surface area is 116 Å². The quantitative estimate of drug-likeness (QED) is 0.796. The van der Waals surface area contributed by atoms with E-state index in [-0.39, 0.29) is 11.3 Å². The Kier molecular flexibility index (Phi) is 3.56. The topological polar surface area (TPSA) is 97.6 Å². The minimum atomic E-state index is -1.10. The van der Waals surface area contributed by atoms with Gasteiger partial charge in [0, 0.05) is 11.8 Å². The van der Waals surface area contributed by atoms with Crippen LogP contribution in [0.4, 0.5) is 5.69 Å². The second-order valence-corrected chi connectivity index (χ2v) is 4.32. The van der Waals surface area contributed by atoms with Crippen molar-refractivity contribution in [1.29, 1.82) is 0 Å². The van der Waals surface area contributed by atoms with Crippen molar-refractivity contribution in [2.75, 3.05) is 20.0 Å². The third kappa shape index (κ3) is 2.16. The first-order valence-electron chi connectivity index (χ1n) is 5.92. The van der Waals surface area contributed by atoms with Gasteiger partial charge >= 0.3 is 5.97 Å². The summed E-state index contributed by atoms with van der Waals surface area (Å²) in [6.07, 6.45) is 1.45. The number of nitrogen functional groups attached to an aromatic ring is 1. The molecule has 106 valence electrons. The zero-order chi connectivity index (χ0) is 14.9. The second-order valence-electron chi connectivity index (χ2n) is 4.32. The van der Waals surface area contributed by atoms with Crippen LogP contribution in [0.3, 0.4) is 0 Å². The number of aromatic carboxylic acids is 1. The number of carboxylic acids is 1. The summed E-state index contributed by atoms with van der Waals surface area (Å²) in [5.74, 6) is 0.0957. The summed E-state index contributed by atoms with van der Waals surface area (Å²) in [6.45, 7) is 1.88. The average molecular weight is 276 g/mol. The van der Waals surface area contributed by atoms with Crippen molar-refractivity contribution in [2.24, 2.45) is 0 Å². The number of hydrogen-bond donors (Lipinski definition) is 3. The number of aryl methyl sites for hydroxylation is 1. The van der Waals surface area contributed by atoms with Gasteiger partial charge in [0.2, 0.25) is 0 Å². The highest BCUT2D eigenvalue weighted by molar-refractivity contribution is 6.01. The van der Waals surface area contributed by atoms with Crippen molar-refractivity contribution in [1.82, 2.24) is 4.98 Å². The molecular weight excluding hydrogens is 260 g/mol. The molecule has 4 N–H and O–H groups in total. The van der Waals surface area contributed by atoms with Crippen LogP contribution in [0, 0.1) is 6.92 Å². The van der Waals surface area contributed by atoms with Crippen LogP contribution in [-0.2, 0) is 0 Å². The number of H-pyrrole nitrogens is 1. The third-order valence-electron chi connectivity index (χ3n) is 3.11. The van der Waals surface area contributed by atoms with E-state index in [1.54, 1.807) is 19.2 Å². The van der Waals surface area contributed by atoms with Gasteiger partial charge in [0.15, 0.2) is 0 Å². The number of nitrogens with two attached hydrogens (primary N) is 1. The Morgan fingerprint density at radius 1 is 1.25 bits per heavy atom. The normalized spacial score (nSPS) is 10.3. The van der Waals surface area contributed by atoms with E-state index in [0.717, 1.165) is 5.56 Å². The van der Waals surface area contributed by atoms with Crippen molar-refractivity contribution >= 4 is 11.7 Å². The Bertz CT molecular complexity index is 661. The summed E-state index contributed by atoms with van der Waals surface area (Å²) in [4.78, 5) is 14.2. The number of carbonyl (C=O) groups is 1. The SMILES string of the molecule is COc1cc(-c2[nH]cc(N)c2C(=O)O)c(OC)cc1C. The highest BCUT2D eigenvalue weighted by atomic mass is 16.5. The molecule has 0 unspecified atom stereocenters. The molecule has 6 heteroatoms. The van der Waals surface area contributed by atoms with E-state index in [0.29, 0.717) is 22.8 Å². The van der Waals surface area contributed by atoms with Gasteiger partial charge in [-0.15, -0.1) is 0 Å². The fraction of sp³-hybridized carbons (Fsp3) is 0.214. The summed E-state index contributed by atoms with van der Waals surface area (Å²) >= 11 is 0. The number of carboxylic acid groups (broad SMARTS) is 1. The molecule has 0 saturated heterocycles. The predicted molar refractivity (Wildman–Crippen MR) is 75.4 cm³/mol. The molecule has 0 fully saturated rings. The number of anilines is 1. The van der Waals surface area contributed by atoms with E-state index in [9.17, 15) is 9.90 Å². The minimum absolute atomic E-state index is 0.0224. The summed E-state index contributed by atoms with van der Waals surface area (Å²) in [5.41, 5.74) is 7.76. The van der Waals surface area contributed by atoms with Crippen LogP contribution in [0.5, 0.6) is 11.5 Å². The summed E-state index contributed by atoms with van der Waals surface area (Å²) in [7, 11) is 3.08. The van der Waals surface area contributed by atoms with Crippen LogP contribution >= 0.6 is 0 Å². The van der Waals surface area contributed by atoms with Gasteiger partial charge in [0.05, 0.1) is 25.6 Å². The standard InChI is InChI=1S/C14H16N2O4/c1-7-4-11(20-3)8(5-10(7)19-2)13-12(14(17)18)9(15)6-16-13/h4-6,16H,15H2,1-3H3,(H,17,18). The average Bonchev–Trinajstić information content (AvgIpc) is 2.80. The number of hydrogen-bond acceptors (Lipinski definition) is 4. The fourth-order valence-corrected chi connectivity index (χ4v) is 2.13. The van der Waals surface area contributed by atoms with E-state index in [2.05, 4.69) is 4.98 Å². The van der Waals surface area contributed by atoms with E-state index in [1.165, 1.54) is 13.3 Å². The lowest BCUT2D eigenvalue weighted by atomic mass is 10.0. The summed E-state index contributed by atoms with van der Waals surface area (Å²) < 4.78 is 10.6. The molecule has 2 rings (SSSR count). The Morgan fingerprint density at radius 3 is 2.45 bits per heavy atom. The zero-order valence-corrected chi connectivity index (χ0v) is 11.5.